The van der Waals surface area contributed by atoms with Crippen LogP contribution in [-0.2, 0) is 0 Å². The van der Waals surface area contributed by atoms with Gasteiger partial charge in [-0.05, 0) is 0 Å². The second-order valence-electron chi connectivity index (χ2n) is 1.06. The number of nitrogens with two attached hydrogens (primary N) is 1. The molecule has 5 heteroatoms. The standard InChI is InChI=1S/C2H5N3S2/c3-5-2(6)7-1-4-5/h1-2,6H,3H2. The van der Waals surface area contributed by atoms with Gasteiger partial charge in [0, 0.05) is 0 Å². The van der Waals surface area contributed by atoms with E-state index in [1.165, 1.54) is 16.9 Å². The van der Waals surface area contributed by atoms with E-state index in [4.69, 9.17) is 5.84 Å². The highest BCUT2D eigenvalue weighted by Crippen LogP contribution is 2.19. The molecule has 0 aromatic carbocycles. The Hall–Kier alpha value is 0.130. The Morgan fingerprint density at radius 2 is 2.71 bits per heavy atom. The number of thiol groups is 1. The number of hydrazone groups is 1. The van der Waals surface area contributed by atoms with Crippen LogP contribution in [0.5, 0.6) is 0 Å². The van der Waals surface area contributed by atoms with Gasteiger partial charge < -0.3 is 0 Å². The van der Waals surface area contributed by atoms with Crippen LogP contribution in [0.4, 0.5) is 0 Å². The van der Waals surface area contributed by atoms with Crippen molar-refractivity contribution in [1.29, 1.82) is 0 Å². The summed E-state index contributed by atoms with van der Waals surface area (Å²) in [6.07, 6.45) is 0. The third-order valence-corrected chi connectivity index (χ3v) is 1.87. The fourth-order valence-corrected chi connectivity index (χ4v) is 0.930. The van der Waals surface area contributed by atoms with Gasteiger partial charge in [0.25, 0.3) is 0 Å². The van der Waals surface area contributed by atoms with Crippen LogP contribution in [0.15, 0.2) is 5.10 Å². The molecule has 3 nitrogen and oxygen atoms in total. The molecule has 0 spiro atoms. The van der Waals surface area contributed by atoms with Crippen molar-refractivity contribution in [1.82, 2.24) is 5.12 Å². The van der Waals surface area contributed by atoms with Gasteiger partial charge in [0.15, 0.2) is 4.71 Å². The summed E-state index contributed by atoms with van der Waals surface area (Å²) in [5.74, 6) is 5.22. The Labute approximate surface area is 51.3 Å². The number of rotatable bonds is 0. The van der Waals surface area contributed by atoms with E-state index < -0.39 is 0 Å². The summed E-state index contributed by atoms with van der Waals surface area (Å²) in [7, 11) is 0. The lowest BCUT2D eigenvalue weighted by Crippen LogP contribution is -2.26. The summed E-state index contributed by atoms with van der Waals surface area (Å²) < 4.78 is 0.0139. The van der Waals surface area contributed by atoms with E-state index in [2.05, 4.69) is 17.7 Å². The minimum atomic E-state index is 0.0139. The molecule has 1 heterocycles. The molecule has 0 aromatic heterocycles. The van der Waals surface area contributed by atoms with Gasteiger partial charge in [0.1, 0.15) is 0 Å². The average molecular weight is 135 g/mol. The van der Waals surface area contributed by atoms with Gasteiger partial charge in [-0.3, -0.25) is 0 Å². The van der Waals surface area contributed by atoms with Crippen molar-refractivity contribution in [3.63, 3.8) is 0 Å². The molecule has 2 N–H and O–H groups in total. The lowest BCUT2D eigenvalue weighted by atomic mass is 11.4. The normalized spacial score (nSPS) is 29.4. The number of hydrazine groups is 1. The van der Waals surface area contributed by atoms with Crippen LogP contribution in [0, 0.1) is 0 Å². The second kappa shape index (κ2) is 1.94. The third kappa shape index (κ3) is 1.02. The Bertz CT molecular complexity index is 92.9. The van der Waals surface area contributed by atoms with Gasteiger partial charge in [0.2, 0.25) is 0 Å². The summed E-state index contributed by atoms with van der Waals surface area (Å²) in [6.45, 7) is 0. The van der Waals surface area contributed by atoms with E-state index in [1.807, 2.05) is 0 Å². The maximum absolute atomic E-state index is 5.22. The fourth-order valence-electron chi connectivity index (χ4n) is 0.255. The molecule has 1 unspecified atom stereocenters. The lowest BCUT2D eigenvalue weighted by molar-refractivity contribution is 0.346. The van der Waals surface area contributed by atoms with Crippen LogP contribution in [0.3, 0.4) is 0 Å². The Morgan fingerprint density at radius 1 is 2.00 bits per heavy atom. The van der Waals surface area contributed by atoms with Crippen molar-refractivity contribution in [3.8, 4) is 0 Å². The Morgan fingerprint density at radius 3 is 2.86 bits per heavy atom. The topological polar surface area (TPSA) is 41.6 Å². The molecule has 1 rings (SSSR count). The molecule has 1 atom stereocenters. The molecule has 40 valence electrons. The molecule has 0 fully saturated rings. The molecule has 0 radical (unpaired) electrons. The van der Waals surface area contributed by atoms with E-state index in [-0.39, 0.29) is 4.71 Å². The van der Waals surface area contributed by atoms with Gasteiger partial charge >= 0.3 is 0 Å². The molecule has 0 aromatic rings. The Balaban J connectivity index is 2.45. The first-order valence-corrected chi connectivity index (χ1v) is 3.16. The largest absolute Gasteiger partial charge is 0.229 e. The summed E-state index contributed by atoms with van der Waals surface area (Å²) in [5, 5.41) is 4.99. The van der Waals surface area contributed by atoms with Crippen LogP contribution in [0.2, 0.25) is 0 Å². The second-order valence-corrected chi connectivity index (χ2v) is 2.83. The first-order valence-electron chi connectivity index (χ1n) is 1.70. The van der Waals surface area contributed by atoms with E-state index in [9.17, 15) is 0 Å². The molecule has 0 bridgehead atoms. The molecule has 1 aliphatic heterocycles. The zero-order valence-corrected chi connectivity index (χ0v) is 5.19. The van der Waals surface area contributed by atoms with Gasteiger partial charge in [0.05, 0.1) is 5.55 Å². The van der Waals surface area contributed by atoms with E-state index >= 15 is 0 Å². The van der Waals surface area contributed by atoms with Crippen molar-refractivity contribution in [2.24, 2.45) is 10.9 Å². The smallest absolute Gasteiger partial charge is 0.157 e. The van der Waals surface area contributed by atoms with Crippen LogP contribution < -0.4 is 5.84 Å². The van der Waals surface area contributed by atoms with Crippen LogP contribution in [0.25, 0.3) is 0 Å². The summed E-state index contributed by atoms with van der Waals surface area (Å²) >= 11 is 5.51. The highest BCUT2D eigenvalue weighted by molar-refractivity contribution is 8.19. The molecular formula is C2H5N3S2. The first-order chi connectivity index (χ1) is 3.30. The molecule has 0 saturated heterocycles. The van der Waals surface area contributed by atoms with E-state index in [1.54, 1.807) is 5.55 Å². The zero-order valence-electron chi connectivity index (χ0n) is 3.48. The van der Waals surface area contributed by atoms with E-state index in [0.717, 1.165) is 0 Å². The predicted molar refractivity (Wildman–Crippen MR) is 34.9 cm³/mol. The highest BCUT2D eigenvalue weighted by atomic mass is 32.2. The summed E-state index contributed by atoms with van der Waals surface area (Å²) in [5.41, 5.74) is 1.66. The maximum Gasteiger partial charge on any atom is 0.157 e. The lowest BCUT2D eigenvalue weighted by Gasteiger charge is -2.08. The van der Waals surface area contributed by atoms with Gasteiger partial charge in [-0.15, -0.1) is 12.6 Å². The van der Waals surface area contributed by atoms with Crippen LogP contribution >= 0.6 is 24.4 Å². The molecule has 0 amide bonds. The summed E-state index contributed by atoms with van der Waals surface area (Å²) in [6, 6.07) is 0. The molecule has 0 aliphatic carbocycles. The minimum absolute atomic E-state index is 0.0139. The average Bonchev–Trinajstić information content (AvgIpc) is 1.91. The molecule has 0 saturated carbocycles. The van der Waals surface area contributed by atoms with Crippen LogP contribution in [-0.4, -0.2) is 15.4 Å². The number of hydrogen-bond donors (Lipinski definition) is 2. The fraction of sp³-hybridized carbons (Fsp3) is 0.500. The zero-order chi connectivity index (χ0) is 5.28. The third-order valence-electron chi connectivity index (χ3n) is 0.589. The monoisotopic (exact) mass is 135 g/mol. The summed E-state index contributed by atoms with van der Waals surface area (Å²) in [4.78, 5) is 0. The molecule has 1 aliphatic rings. The van der Waals surface area contributed by atoms with Crippen molar-refractivity contribution in [2.75, 3.05) is 0 Å². The highest BCUT2D eigenvalue weighted by Gasteiger charge is 2.11. The van der Waals surface area contributed by atoms with Crippen LogP contribution in [0.1, 0.15) is 0 Å². The minimum Gasteiger partial charge on any atom is -0.229 e. The predicted octanol–water partition coefficient (Wildman–Crippen LogP) is 0.0656. The first kappa shape index (κ1) is 5.27. The van der Waals surface area contributed by atoms with E-state index in [0.29, 0.717) is 0 Å². The molecule has 7 heavy (non-hydrogen) atoms. The SMILES string of the molecule is NN1N=CSC1S. The number of hydrogen-bond acceptors (Lipinski definition) is 5. The number of thioether (sulfide) groups is 1. The Kier molecular flexibility index (Phi) is 1.46. The van der Waals surface area contributed by atoms with Crippen molar-refractivity contribution in [2.45, 2.75) is 4.71 Å². The van der Waals surface area contributed by atoms with Crippen molar-refractivity contribution in [3.05, 3.63) is 0 Å². The molecular weight excluding hydrogens is 130 g/mol. The van der Waals surface area contributed by atoms with Gasteiger partial charge in [-0.1, -0.05) is 11.8 Å². The maximum atomic E-state index is 5.22. The van der Waals surface area contributed by atoms with Gasteiger partial charge in [-0.25, -0.2) is 11.0 Å². The van der Waals surface area contributed by atoms with Crippen molar-refractivity contribution >= 4 is 29.9 Å². The number of nitrogens with zero attached hydrogens (tertiary/aromatic N) is 2. The quantitative estimate of drug-likeness (QED) is 0.365. The van der Waals surface area contributed by atoms with Crippen molar-refractivity contribution < 1.29 is 0 Å². The van der Waals surface area contributed by atoms with Gasteiger partial charge in [-0.2, -0.15) is 5.10 Å².